The number of carbonyl (C=O) groups is 1. The predicted octanol–water partition coefficient (Wildman–Crippen LogP) is 5.74. The van der Waals surface area contributed by atoms with Crippen LogP contribution in [0, 0.1) is 10.1 Å². The highest BCUT2D eigenvalue weighted by Crippen LogP contribution is 2.53. The van der Waals surface area contributed by atoms with E-state index >= 15 is 0 Å². The quantitative estimate of drug-likeness (QED) is 0.199. The SMILES string of the molecule is CCC1(Sc2ccccc2)C(=O)N(C(c2ccc(OC)cc2)c2ccc(OC)cc2)C1/C=C/[N+](=O)[O-]. The molecule has 1 fully saturated rings. The van der Waals surface area contributed by atoms with Crippen LogP contribution < -0.4 is 9.47 Å². The van der Waals surface area contributed by atoms with Crippen molar-refractivity contribution in [1.82, 2.24) is 4.90 Å². The minimum absolute atomic E-state index is 0.0616. The van der Waals surface area contributed by atoms with Gasteiger partial charge in [-0.2, -0.15) is 0 Å². The monoisotopic (exact) mass is 504 g/mol. The van der Waals surface area contributed by atoms with E-state index in [0.29, 0.717) is 17.9 Å². The Bertz CT molecular complexity index is 1180. The fraction of sp³-hybridized carbons (Fsp3) is 0.250. The summed E-state index contributed by atoms with van der Waals surface area (Å²) < 4.78 is 9.79. The van der Waals surface area contributed by atoms with E-state index in [1.165, 1.54) is 11.8 Å². The molecule has 1 heterocycles. The number of β-lactam (4-membered cyclic amide) rings is 1. The van der Waals surface area contributed by atoms with Crippen LogP contribution in [0.3, 0.4) is 0 Å². The molecule has 1 amide bonds. The second-order valence-corrected chi connectivity index (χ2v) is 9.80. The van der Waals surface area contributed by atoms with E-state index in [9.17, 15) is 14.9 Å². The van der Waals surface area contributed by atoms with Gasteiger partial charge in [-0.3, -0.25) is 14.9 Å². The number of likely N-dealkylation sites (tertiary alicyclic amines) is 1. The van der Waals surface area contributed by atoms with Crippen LogP contribution in [0.5, 0.6) is 11.5 Å². The average molecular weight is 505 g/mol. The zero-order valence-corrected chi connectivity index (χ0v) is 21.2. The van der Waals surface area contributed by atoms with Crippen LogP contribution in [0.25, 0.3) is 0 Å². The van der Waals surface area contributed by atoms with Gasteiger partial charge < -0.3 is 14.4 Å². The lowest BCUT2D eigenvalue weighted by Crippen LogP contribution is -2.71. The number of nitro groups is 1. The highest BCUT2D eigenvalue weighted by Gasteiger charge is 2.61. The molecule has 0 saturated carbocycles. The number of nitrogens with zero attached hydrogens (tertiary/aromatic N) is 2. The van der Waals surface area contributed by atoms with Crippen molar-refractivity contribution in [3.63, 3.8) is 0 Å². The van der Waals surface area contributed by atoms with Gasteiger partial charge >= 0.3 is 0 Å². The standard InChI is InChI=1S/C28H28N2O5S/c1-4-28(36-24-8-6-5-7-9-24)25(18-19-29(32)33)30(27(28)31)26(20-10-14-22(34-2)15-11-20)21-12-16-23(35-3)17-13-21/h5-19,25-26H,4H2,1-3H3/b19-18+. The molecule has 2 unspecified atom stereocenters. The molecule has 186 valence electrons. The summed E-state index contributed by atoms with van der Waals surface area (Å²) >= 11 is 1.46. The molecule has 4 rings (SSSR count). The summed E-state index contributed by atoms with van der Waals surface area (Å²) in [5.74, 6) is 1.34. The van der Waals surface area contributed by atoms with Gasteiger partial charge in [-0.05, 0) is 53.9 Å². The first-order chi connectivity index (χ1) is 17.4. The van der Waals surface area contributed by atoms with Gasteiger partial charge in [0.15, 0.2) is 0 Å². The Morgan fingerprint density at radius 3 is 1.94 bits per heavy atom. The second kappa shape index (κ2) is 10.9. The van der Waals surface area contributed by atoms with Gasteiger partial charge in [0.1, 0.15) is 16.2 Å². The fourth-order valence-electron chi connectivity index (χ4n) is 4.63. The smallest absolute Gasteiger partial charge is 0.242 e. The molecule has 0 spiro atoms. The molecular formula is C28H28N2O5S. The molecule has 3 aromatic carbocycles. The third kappa shape index (κ3) is 4.81. The highest BCUT2D eigenvalue weighted by molar-refractivity contribution is 8.01. The predicted molar refractivity (Wildman–Crippen MR) is 140 cm³/mol. The van der Waals surface area contributed by atoms with Gasteiger partial charge in [0.25, 0.3) is 0 Å². The van der Waals surface area contributed by atoms with Crippen molar-refractivity contribution in [2.75, 3.05) is 14.2 Å². The molecule has 3 aromatic rings. The van der Waals surface area contributed by atoms with Crippen molar-refractivity contribution >= 4 is 17.7 Å². The maximum Gasteiger partial charge on any atom is 0.242 e. The number of amides is 1. The molecule has 8 heteroatoms. The number of ether oxygens (including phenoxy) is 2. The molecule has 0 bridgehead atoms. The van der Waals surface area contributed by atoms with Crippen molar-refractivity contribution in [3.05, 3.63) is 112 Å². The third-order valence-corrected chi connectivity index (χ3v) is 8.05. The Labute approximate surface area is 214 Å². The Morgan fingerprint density at radius 2 is 1.50 bits per heavy atom. The Hall–Kier alpha value is -3.78. The first-order valence-corrected chi connectivity index (χ1v) is 12.4. The van der Waals surface area contributed by atoms with E-state index in [1.807, 2.05) is 85.8 Å². The molecule has 1 aliphatic rings. The number of thioether (sulfide) groups is 1. The first kappa shape index (κ1) is 25.3. The van der Waals surface area contributed by atoms with E-state index in [2.05, 4.69) is 0 Å². The number of rotatable bonds is 10. The van der Waals surface area contributed by atoms with Crippen LogP contribution in [-0.4, -0.2) is 40.7 Å². The van der Waals surface area contributed by atoms with Crippen LogP contribution in [-0.2, 0) is 4.79 Å². The number of hydrogen-bond acceptors (Lipinski definition) is 6. The molecule has 0 radical (unpaired) electrons. The molecule has 36 heavy (non-hydrogen) atoms. The van der Waals surface area contributed by atoms with Crippen LogP contribution in [0.15, 0.2) is 96.0 Å². The molecule has 1 aliphatic heterocycles. The van der Waals surface area contributed by atoms with Crippen molar-refractivity contribution in [1.29, 1.82) is 0 Å². The minimum Gasteiger partial charge on any atom is -0.497 e. The number of benzene rings is 3. The number of carbonyl (C=O) groups excluding carboxylic acids is 1. The van der Waals surface area contributed by atoms with E-state index in [0.717, 1.165) is 22.2 Å². The molecule has 0 N–H and O–H groups in total. The first-order valence-electron chi connectivity index (χ1n) is 11.6. The summed E-state index contributed by atoms with van der Waals surface area (Å²) in [5.41, 5.74) is 1.76. The van der Waals surface area contributed by atoms with E-state index in [4.69, 9.17) is 9.47 Å². The molecule has 0 aromatic heterocycles. The zero-order chi connectivity index (χ0) is 25.7. The lowest BCUT2D eigenvalue weighted by atomic mass is 9.79. The summed E-state index contributed by atoms with van der Waals surface area (Å²) in [4.78, 5) is 27.6. The lowest BCUT2D eigenvalue weighted by molar-refractivity contribution is -0.402. The minimum atomic E-state index is -0.856. The van der Waals surface area contributed by atoms with Crippen molar-refractivity contribution in [2.45, 2.75) is 35.1 Å². The normalized spacial score (nSPS) is 19.4. The second-order valence-electron chi connectivity index (χ2n) is 8.39. The molecule has 7 nitrogen and oxygen atoms in total. The fourth-order valence-corrected chi connectivity index (χ4v) is 5.99. The van der Waals surface area contributed by atoms with Gasteiger partial charge in [-0.1, -0.05) is 49.4 Å². The summed E-state index contributed by atoms with van der Waals surface area (Å²) in [6.45, 7) is 1.95. The van der Waals surface area contributed by atoms with Crippen LogP contribution >= 0.6 is 11.8 Å². The van der Waals surface area contributed by atoms with E-state index < -0.39 is 21.8 Å². The van der Waals surface area contributed by atoms with Crippen molar-refractivity contribution < 1.29 is 19.2 Å². The maximum atomic E-state index is 14.1. The van der Waals surface area contributed by atoms with Gasteiger partial charge in [0.2, 0.25) is 12.1 Å². The Kier molecular flexibility index (Phi) is 7.64. The summed E-state index contributed by atoms with van der Waals surface area (Å²) in [7, 11) is 3.20. The molecular weight excluding hydrogens is 476 g/mol. The van der Waals surface area contributed by atoms with Gasteiger partial charge in [-0.15, -0.1) is 11.8 Å². The Morgan fingerprint density at radius 1 is 0.972 bits per heavy atom. The summed E-state index contributed by atoms with van der Waals surface area (Å²) in [5, 5.41) is 11.3. The zero-order valence-electron chi connectivity index (χ0n) is 20.4. The molecule has 2 atom stereocenters. The van der Waals surface area contributed by atoms with Gasteiger partial charge in [0.05, 0.1) is 31.2 Å². The summed E-state index contributed by atoms with van der Waals surface area (Å²) in [6.07, 6.45) is 3.01. The van der Waals surface area contributed by atoms with Crippen molar-refractivity contribution in [2.24, 2.45) is 0 Å². The topological polar surface area (TPSA) is 81.9 Å². The van der Waals surface area contributed by atoms with Gasteiger partial charge in [-0.25, -0.2) is 0 Å². The molecule has 0 aliphatic carbocycles. The van der Waals surface area contributed by atoms with Crippen LogP contribution in [0.1, 0.15) is 30.5 Å². The summed E-state index contributed by atoms with van der Waals surface area (Å²) in [6, 6.07) is 23.8. The highest BCUT2D eigenvalue weighted by atomic mass is 32.2. The van der Waals surface area contributed by atoms with Gasteiger partial charge in [0, 0.05) is 11.0 Å². The molecule has 1 saturated heterocycles. The average Bonchev–Trinajstić information content (AvgIpc) is 2.92. The van der Waals surface area contributed by atoms with Crippen LogP contribution in [0.2, 0.25) is 0 Å². The third-order valence-electron chi connectivity index (χ3n) is 6.47. The largest absolute Gasteiger partial charge is 0.497 e. The lowest BCUT2D eigenvalue weighted by Gasteiger charge is -2.57. The Balaban J connectivity index is 1.81. The van der Waals surface area contributed by atoms with E-state index in [-0.39, 0.29) is 5.91 Å². The number of hydrogen-bond donors (Lipinski definition) is 0. The maximum absolute atomic E-state index is 14.1. The van der Waals surface area contributed by atoms with Crippen LogP contribution in [0.4, 0.5) is 0 Å². The van der Waals surface area contributed by atoms with Crippen molar-refractivity contribution in [3.8, 4) is 11.5 Å². The van der Waals surface area contributed by atoms with E-state index in [1.54, 1.807) is 25.2 Å². The number of methoxy groups -OCH3 is 2.